The number of nitrogen functional groups attached to an aromatic ring is 1. The van der Waals surface area contributed by atoms with Crippen molar-refractivity contribution in [2.45, 2.75) is 18.9 Å². The van der Waals surface area contributed by atoms with Crippen molar-refractivity contribution >= 4 is 17.3 Å². The average molecular weight is 284 g/mol. The van der Waals surface area contributed by atoms with Crippen LogP contribution in [0.5, 0.6) is 0 Å². The Morgan fingerprint density at radius 2 is 2.10 bits per heavy atom. The van der Waals surface area contributed by atoms with Crippen LogP contribution in [-0.2, 0) is 0 Å². The summed E-state index contributed by atoms with van der Waals surface area (Å²) in [6, 6.07) is 8.22. The summed E-state index contributed by atoms with van der Waals surface area (Å²) in [7, 11) is 0. The van der Waals surface area contributed by atoms with Crippen LogP contribution >= 0.6 is 0 Å². The second-order valence-electron chi connectivity index (χ2n) is 4.82. The Labute approximate surface area is 119 Å². The lowest BCUT2D eigenvalue weighted by Crippen LogP contribution is -2.04. The molecule has 0 amide bonds. The van der Waals surface area contributed by atoms with Crippen molar-refractivity contribution in [3.8, 4) is 11.8 Å². The number of non-ortho nitro benzene ring substituents is 1. The van der Waals surface area contributed by atoms with Gasteiger partial charge in [0.2, 0.25) is 0 Å². The van der Waals surface area contributed by atoms with Crippen LogP contribution < -0.4 is 11.1 Å². The van der Waals surface area contributed by atoms with Gasteiger partial charge in [-0.05, 0) is 25.0 Å². The van der Waals surface area contributed by atoms with Gasteiger partial charge in [-0.1, -0.05) is 0 Å². The van der Waals surface area contributed by atoms with Gasteiger partial charge in [-0.25, -0.2) is 4.68 Å². The van der Waals surface area contributed by atoms with Gasteiger partial charge in [0, 0.05) is 18.2 Å². The minimum Gasteiger partial charge on any atom is -0.382 e. The lowest BCUT2D eigenvalue weighted by molar-refractivity contribution is -0.384. The predicted molar refractivity (Wildman–Crippen MR) is 76.0 cm³/mol. The van der Waals surface area contributed by atoms with E-state index in [0.717, 1.165) is 12.8 Å². The van der Waals surface area contributed by atoms with Crippen molar-refractivity contribution < 1.29 is 4.92 Å². The molecular formula is C13H12N6O2. The summed E-state index contributed by atoms with van der Waals surface area (Å²) < 4.78 is 1.41. The maximum Gasteiger partial charge on any atom is 0.269 e. The number of benzene rings is 1. The van der Waals surface area contributed by atoms with Crippen molar-refractivity contribution in [2.75, 3.05) is 11.1 Å². The van der Waals surface area contributed by atoms with Crippen LogP contribution in [0.1, 0.15) is 18.4 Å². The summed E-state index contributed by atoms with van der Waals surface area (Å²) in [5, 5.41) is 27.3. The molecule has 0 unspecified atom stereocenters. The fourth-order valence-electron chi connectivity index (χ4n) is 1.98. The highest BCUT2D eigenvalue weighted by molar-refractivity contribution is 5.66. The van der Waals surface area contributed by atoms with Gasteiger partial charge in [-0.15, -0.1) is 5.10 Å². The standard InChI is InChI=1S/C13H12N6O2/c14-7-11-12(15)18(17-13(11)16-8-1-2-8)9-3-5-10(6-4-9)19(20)21/h3-6,8H,1-2,15H2,(H,16,17). The summed E-state index contributed by atoms with van der Waals surface area (Å²) >= 11 is 0. The van der Waals surface area contributed by atoms with Crippen LogP contribution in [0.4, 0.5) is 17.3 Å². The minimum absolute atomic E-state index is 0.0127. The van der Waals surface area contributed by atoms with Crippen LogP contribution in [0.3, 0.4) is 0 Å². The number of nitro benzene ring substituents is 1. The number of nitrogens with zero attached hydrogens (tertiary/aromatic N) is 4. The molecule has 3 rings (SSSR count). The number of nitrogens with one attached hydrogen (secondary N) is 1. The van der Waals surface area contributed by atoms with Gasteiger partial charge in [0.15, 0.2) is 5.82 Å². The van der Waals surface area contributed by atoms with E-state index < -0.39 is 4.92 Å². The number of nitro groups is 1. The van der Waals surface area contributed by atoms with Crippen molar-refractivity contribution in [2.24, 2.45) is 0 Å². The molecule has 3 N–H and O–H groups in total. The molecule has 0 spiro atoms. The molecule has 1 aromatic carbocycles. The van der Waals surface area contributed by atoms with E-state index in [1.165, 1.54) is 16.8 Å². The molecule has 1 aromatic heterocycles. The Morgan fingerprint density at radius 1 is 1.43 bits per heavy atom. The molecule has 1 saturated carbocycles. The van der Waals surface area contributed by atoms with E-state index >= 15 is 0 Å². The normalized spacial score (nSPS) is 13.7. The summed E-state index contributed by atoms with van der Waals surface area (Å²) in [6.07, 6.45) is 2.10. The van der Waals surface area contributed by atoms with Crippen LogP contribution in [-0.4, -0.2) is 20.7 Å². The summed E-state index contributed by atoms with van der Waals surface area (Å²) in [5.41, 5.74) is 6.79. The molecule has 1 aliphatic rings. The highest BCUT2D eigenvalue weighted by Crippen LogP contribution is 2.30. The van der Waals surface area contributed by atoms with Gasteiger partial charge in [0.25, 0.3) is 5.69 Å². The van der Waals surface area contributed by atoms with E-state index in [4.69, 9.17) is 5.73 Å². The topological polar surface area (TPSA) is 123 Å². The van der Waals surface area contributed by atoms with Gasteiger partial charge in [0.1, 0.15) is 17.5 Å². The lowest BCUT2D eigenvalue weighted by atomic mass is 10.3. The van der Waals surface area contributed by atoms with E-state index in [2.05, 4.69) is 10.4 Å². The smallest absolute Gasteiger partial charge is 0.269 e. The quantitative estimate of drug-likeness (QED) is 0.652. The first-order chi connectivity index (χ1) is 10.1. The Morgan fingerprint density at radius 3 is 2.62 bits per heavy atom. The third-order valence-corrected chi connectivity index (χ3v) is 3.26. The fraction of sp³-hybridized carbons (Fsp3) is 0.231. The third kappa shape index (κ3) is 2.36. The molecule has 0 radical (unpaired) electrons. The van der Waals surface area contributed by atoms with Crippen LogP contribution in [0.25, 0.3) is 5.69 Å². The predicted octanol–water partition coefficient (Wildman–Crippen LogP) is 1.81. The number of hydrogen-bond acceptors (Lipinski definition) is 6. The highest BCUT2D eigenvalue weighted by Gasteiger charge is 2.25. The maximum absolute atomic E-state index is 10.7. The summed E-state index contributed by atoms with van der Waals surface area (Å²) in [5.74, 6) is 0.672. The largest absolute Gasteiger partial charge is 0.382 e. The van der Waals surface area contributed by atoms with E-state index in [1.807, 2.05) is 6.07 Å². The van der Waals surface area contributed by atoms with E-state index in [-0.39, 0.29) is 11.5 Å². The number of anilines is 2. The molecule has 106 valence electrons. The molecule has 1 aliphatic carbocycles. The van der Waals surface area contributed by atoms with Gasteiger partial charge in [-0.3, -0.25) is 10.1 Å². The third-order valence-electron chi connectivity index (χ3n) is 3.26. The molecule has 0 atom stereocenters. The number of nitrogens with two attached hydrogens (primary N) is 1. The van der Waals surface area contributed by atoms with Crippen LogP contribution in [0.15, 0.2) is 24.3 Å². The van der Waals surface area contributed by atoms with Crippen LogP contribution in [0, 0.1) is 21.4 Å². The van der Waals surface area contributed by atoms with Crippen LogP contribution in [0.2, 0.25) is 0 Å². The monoisotopic (exact) mass is 284 g/mol. The molecular weight excluding hydrogens is 272 g/mol. The zero-order chi connectivity index (χ0) is 15.0. The molecule has 21 heavy (non-hydrogen) atoms. The fourth-order valence-corrected chi connectivity index (χ4v) is 1.98. The second kappa shape index (κ2) is 4.79. The molecule has 8 nitrogen and oxygen atoms in total. The number of rotatable bonds is 4. The minimum atomic E-state index is -0.475. The first-order valence-electron chi connectivity index (χ1n) is 6.40. The Bertz CT molecular complexity index is 739. The lowest BCUT2D eigenvalue weighted by Gasteiger charge is -2.03. The maximum atomic E-state index is 10.7. The SMILES string of the molecule is N#Cc1c(NC2CC2)nn(-c2ccc([N+](=O)[O-])cc2)c1N. The van der Waals surface area contributed by atoms with E-state index in [1.54, 1.807) is 12.1 Å². The Hall–Kier alpha value is -3.08. The van der Waals surface area contributed by atoms with Crippen molar-refractivity contribution in [1.29, 1.82) is 5.26 Å². The summed E-state index contributed by atoms with van der Waals surface area (Å²) in [6.45, 7) is 0. The average Bonchev–Trinajstić information content (AvgIpc) is 3.23. The molecule has 0 aliphatic heterocycles. The first-order valence-corrected chi connectivity index (χ1v) is 6.40. The molecule has 1 heterocycles. The number of hydrogen-bond donors (Lipinski definition) is 2. The van der Waals surface area contributed by atoms with Gasteiger partial charge < -0.3 is 11.1 Å². The van der Waals surface area contributed by atoms with Crippen molar-refractivity contribution in [1.82, 2.24) is 9.78 Å². The molecule has 8 heteroatoms. The number of aromatic nitrogens is 2. The van der Waals surface area contributed by atoms with E-state index in [0.29, 0.717) is 23.1 Å². The van der Waals surface area contributed by atoms with Crippen molar-refractivity contribution in [3.05, 3.63) is 39.9 Å². The first kappa shape index (κ1) is 12.9. The zero-order valence-corrected chi connectivity index (χ0v) is 11.0. The zero-order valence-electron chi connectivity index (χ0n) is 11.0. The second-order valence-corrected chi connectivity index (χ2v) is 4.82. The molecule has 1 fully saturated rings. The van der Waals surface area contributed by atoms with Gasteiger partial charge >= 0.3 is 0 Å². The Kier molecular flexibility index (Phi) is 2.95. The molecule has 0 saturated heterocycles. The van der Waals surface area contributed by atoms with E-state index in [9.17, 15) is 15.4 Å². The van der Waals surface area contributed by atoms with Gasteiger partial charge in [0.05, 0.1) is 10.6 Å². The highest BCUT2D eigenvalue weighted by atomic mass is 16.6. The Balaban J connectivity index is 1.99. The molecule has 0 bridgehead atoms. The van der Waals surface area contributed by atoms with Gasteiger partial charge in [-0.2, -0.15) is 5.26 Å². The molecule has 2 aromatic rings. The van der Waals surface area contributed by atoms with Crippen molar-refractivity contribution in [3.63, 3.8) is 0 Å². The summed E-state index contributed by atoms with van der Waals surface area (Å²) in [4.78, 5) is 10.2. The number of nitriles is 1.